The van der Waals surface area contributed by atoms with Crippen LogP contribution >= 0.6 is 8.25 Å². The maximum atomic E-state index is 8.70. The third kappa shape index (κ3) is 17.8. The molecule has 88 valence electrons. The van der Waals surface area contributed by atoms with Gasteiger partial charge < -0.3 is 26.8 Å². The third-order valence-electron chi connectivity index (χ3n) is 0.945. The van der Waals surface area contributed by atoms with E-state index in [1.165, 1.54) is 7.05 Å². The summed E-state index contributed by atoms with van der Waals surface area (Å²) in [5.74, 6) is 0. The standard InChI is InChI=1S/C4H11NO3.CH5N.HO3P/c5-4(1-6,2-7)3-8;1-2;1-4(2)3/h6-8H,1-3,5H2;2H2,1H3;(H-,1,2,3)/p+1. The second-order valence-corrected chi connectivity index (χ2v) is 2.59. The predicted molar refractivity (Wildman–Crippen MR) is 50.3 cm³/mol. The highest BCUT2D eigenvalue weighted by molar-refractivity contribution is 7.30. The van der Waals surface area contributed by atoms with Crippen molar-refractivity contribution in [2.24, 2.45) is 11.5 Å². The Morgan fingerprint density at radius 1 is 1.07 bits per heavy atom. The van der Waals surface area contributed by atoms with Crippen molar-refractivity contribution in [2.45, 2.75) is 5.54 Å². The van der Waals surface area contributed by atoms with Gasteiger partial charge in [-0.2, -0.15) is 0 Å². The minimum absolute atomic E-state index is 0.403. The molecule has 0 saturated heterocycles. The molecule has 0 heterocycles. The number of hydrogen-bond donors (Lipinski definition) is 7. The molecule has 0 saturated carbocycles. The fourth-order valence-corrected chi connectivity index (χ4v) is 0.150. The molecule has 9 heteroatoms. The Hall–Kier alpha value is -0.180. The van der Waals surface area contributed by atoms with Crippen molar-refractivity contribution >= 4 is 8.25 Å². The summed E-state index contributed by atoms with van der Waals surface area (Å²) in [5, 5.41) is 25.0. The summed E-state index contributed by atoms with van der Waals surface area (Å²) in [6.45, 7) is -1.21. The summed E-state index contributed by atoms with van der Waals surface area (Å²) < 4.78 is 8.70. The molecule has 0 aliphatic rings. The van der Waals surface area contributed by atoms with E-state index >= 15 is 0 Å². The number of hydrogen-bond acceptors (Lipinski definition) is 6. The molecule has 0 aromatic rings. The first-order valence-electron chi connectivity index (χ1n) is 3.46. The van der Waals surface area contributed by atoms with Gasteiger partial charge in [0.05, 0.1) is 25.4 Å². The van der Waals surface area contributed by atoms with Crippen LogP contribution in [0, 0.1) is 0 Å². The SMILES string of the molecule is CN.NC(CO)(CO)CO.O=[P+](O)O. The first-order chi connectivity index (χ1) is 6.41. The van der Waals surface area contributed by atoms with E-state index < -0.39 is 33.6 Å². The first-order valence-corrected chi connectivity index (χ1v) is 4.62. The monoisotopic (exact) mass is 233 g/mol. The van der Waals surface area contributed by atoms with Gasteiger partial charge in [-0.1, -0.05) is 0 Å². The van der Waals surface area contributed by atoms with Gasteiger partial charge >= 0.3 is 8.25 Å². The molecule has 0 atom stereocenters. The highest BCUT2D eigenvalue weighted by Crippen LogP contribution is 1.98. The van der Waals surface area contributed by atoms with Gasteiger partial charge in [-0.25, -0.2) is 0 Å². The van der Waals surface area contributed by atoms with Crippen molar-refractivity contribution in [3.63, 3.8) is 0 Å². The number of aliphatic hydroxyl groups is 3. The molecule has 0 rings (SSSR count). The van der Waals surface area contributed by atoms with E-state index in [1.807, 2.05) is 0 Å². The van der Waals surface area contributed by atoms with Crippen molar-refractivity contribution in [1.82, 2.24) is 0 Å². The lowest BCUT2D eigenvalue weighted by atomic mass is 10.1. The van der Waals surface area contributed by atoms with Crippen LogP contribution in [0.1, 0.15) is 0 Å². The number of rotatable bonds is 3. The zero-order chi connectivity index (χ0) is 12.2. The van der Waals surface area contributed by atoms with Crippen molar-refractivity contribution in [3.05, 3.63) is 0 Å². The van der Waals surface area contributed by atoms with Crippen LogP contribution in [0.25, 0.3) is 0 Å². The topological polar surface area (TPSA) is 170 Å². The fraction of sp³-hybridized carbons (Fsp3) is 1.00. The largest absolute Gasteiger partial charge is 0.692 e. The summed E-state index contributed by atoms with van der Waals surface area (Å²) in [4.78, 5) is 14.2. The minimum atomic E-state index is -2.87. The molecule has 0 radical (unpaired) electrons. The highest BCUT2D eigenvalue weighted by atomic mass is 31.1. The Balaban J connectivity index is -0.000000170. The van der Waals surface area contributed by atoms with Crippen LogP contribution in [-0.4, -0.2) is 57.5 Å². The van der Waals surface area contributed by atoms with E-state index in [4.69, 9.17) is 35.4 Å². The second kappa shape index (κ2) is 12.8. The van der Waals surface area contributed by atoms with Crippen LogP contribution in [0.15, 0.2) is 0 Å². The van der Waals surface area contributed by atoms with E-state index in [0.717, 1.165) is 0 Å². The molecule has 0 bridgehead atoms. The van der Waals surface area contributed by atoms with Gasteiger partial charge in [-0.05, 0) is 7.05 Å². The quantitative estimate of drug-likeness (QED) is 0.251. The van der Waals surface area contributed by atoms with Gasteiger partial charge in [0.1, 0.15) is 0 Å². The molecular weight excluding hydrogens is 215 g/mol. The molecule has 8 nitrogen and oxygen atoms in total. The zero-order valence-corrected chi connectivity index (χ0v) is 8.76. The summed E-state index contributed by atoms with van der Waals surface area (Å²) >= 11 is 0. The van der Waals surface area contributed by atoms with Gasteiger partial charge in [-0.15, -0.1) is 9.79 Å². The molecular formula is C5H18N2O6P+. The van der Waals surface area contributed by atoms with Gasteiger partial charge in [0.2, 0.25) is 0 Å². The fourth-order valence-electron chi connectivity index (χ4n) is 0.150. The van der Waals surface area contributed by atoms with Crippen molar-refractivity contribution < 1.29 is 29.7 Å². The molecule has 0 fully saturated rings. The molecule has 0 aliphatic heterocycles. The van der Waals surface area contributed by atoms with Crippen LogP contribution in [0.5, 0.6) is 0 Å². The van der Waals surface area contributed by atoms with E-state index in [2.05, 4.69) is 5.73 Å². The van der Waals surface area contributed by atoms with E-state index in [9.17, 15) is 0 Å². The predicted octanol–water partition coefficient (Wildman–Crippen LogP) is -3.14. The summed E-state index contributed by atoms with van der Waals surface area (Å²) in [6, 6.07) is 0. The molecule has 0 aliphatic carbocycles. The Kier molecular flexibility index (Phi) is 17.8. The molecule has 0 unspecified atom stereocenters. The molecule has 0 aromatic heterocycles. The van der Waals surface area contributed by atoms with Crippen LogP contribution in [0.4, 0.5) is 0 Å². The summed E-state index contributed by atoms with van der Waals surface area (Å²) in [7, 11) is -1.37. The van der Waals surface area contributed by atoms with Crippen LogP contribution in [-0.2, 0) is 4.57 Å². The van der Waals surface area contributed by atoms with Crippen LogP contribution in [0.3, 0.4) is 0 Å². The maximum absolute atomic E-state index is 8.70. The third-order valence-corrected chi connectivity index (χ3v) is 0.945. The van der Waals surface area contributed by atoms with Crippen molar-refractivity contribution in [3.8, 4) is 0 Å². The van der Waals surface area contributed by atoms with Gasteiger partial charge in [-0.3, -0.25) is 0 Å². The molecule has 9 N–H and O–H groups in total. The molecule has 14 heavy (non-hydrogen) atoms. The van der Waals surface area contributed by atoms with Gasteiger partial charge in [0, 0.05) is 4.57 Å². The second-order valence-electron chi connectivity index (χ2n) is 2.09. The summed E-state index contributed by atoms with van der Waals surface area (Å²) in [6.07, 6.45) is 0. The van der Waals surface area contributed by atoms with Crippen molar-refractivity contribution in [1.29, 1.82) is 0 Å². The van der Waals surface area contributed by atoms with E-state index in [0.29, 0.717) is 0 Å². The normalized spacial score (nSPS) is 9.14. The summed E-state index contributed by atoms with van der Waals surface area (Å²) in [5.41, 5.74) is 8.44. The highest BCUT2D eigenvalue weighted by Gasteiger charge is 2.20. The lowest BCUT2D eigenvalue weighted by molar-refractivity contribution is 0.0697. The smallest absolute Gasteiger partial charge is 0.394 e. The van der Waals surface area contributed by atoms with Crippen LogP contribution < -0.4 is 11.5 Å². The van der Waals surface area contributed by atoms with Gasteiger partial charge in [0.25, 0.3) is 0 Å². The first kappa shape index (κ1) is 19.4. The Labute approximate surface area is 82.7 Å². The average Bonchev–Trinajstić information content (AvgIpc) is 2.19. The molecule has 0 aromatic carbocycles. The van der Waals surface area contributed by atoms with Gasteiger partial charge in [0.15, 0.2) is 0 Å². The Morgan fingerprint density at radius 2 is 1.21 bits per heavy atom. The van der Waals surface area contributed by atoms with E-state index in [-0.39, 0.29) is 0 Å². The van der Waals surface area contributed by atoms with Crippen molar-refractivity contribution in [2.75, 3.05) is 26.9 Å². The molecule has 0 amide bonds. The average molecular weight is 233 g/mol. The molecule has 0 spiro atoms. The van der Waals surface area contributed by atoms with Crippen LogP contribution in [0.2, 0.25) is 0 Å². The lowest BCUT2D eigenvalue weighted by Crippen LogP contribution is -2.50. The maximum Gasteiger partial charge on any atom is 0.692 e. The zero-order valence-electron chi connectivity index (χ0n) is 7.87. The number of aliphatic hydroxyl groups excluding tert-OH is 3. The number of nitrogens with two attached hydrogens (primary N) is 2. The Bertz CT molecular complexity index is 119. The Morgan fingerprint density at radius 3 is 1.21 bits per heavy atom. The minimum Gasteiger partial charge on any atom is -0.394 e. The lowest BCUT2D eigenvalue weighted by Gasteiger charge is -2.20. The van der Waals surface area contributed by atoms with E-state index in [1.54, 1.807) is 0 Å².